The second kappa shape index (κ2) is 5.18. The zero-order chi connectivity index (χ0) is 15.0. The first-order valence-corrected chi connectivity index (χ1v) is 7.51. The van der Waals surface area contributed by atoms with Crippen molar-refractivity contribution in [3.63, 3.8) is 0 Å². The van der Waals surface area contributed by atoms with Gasteiger partial charge in [0.1, 0.15) is 5.69 Å². The van der Waals surface area contributed by atoms with Gasteiger partial charge in [0.15, 0.2) is 0 Å². The Kier molecular flexibility index (Phi) is 3.49. The molecule has 2 unspecified atom stereocenters. The monoisotopic (exact) mass is 291 g/mol. The molecule has 1 aliphatic carbocycles. The fraction of sp³-hybridized carbons (Fsp3) is 0.600. The van der Waals surface area contributed by atoms with Crippen LogP contribution in [-0.4, -0.2) is 28.7 Å². The van der Waals surface area contributed by atoms with E-state index in [0.717, 1.165) is 44.5 Å². The number of rotatable bonds is 2. The fourth-order valence-corrected chi connectivity index (χ4v) is 3.71. The van der Waals surface area contributed by atoms with E-state index in [-0.39, 0.29) is 17.3 Å². The number of nitro groups is 1. The van der Waals surface area contributed by atoms with E-state index in [9.17, 15) is 15.2 Å². The number of anilines is 2. The van der Waals surface area contributed by atoms with Crippen LogP contribution >= 0.6 is 0 Å². The van der Waals surface area contributed by atoms with Crippen LogP contribution in [0.15, 0.2) is 18.2 Å². The predicted octanol–water partition coefficient (Wildman–Crippen LogP) is 2.31. The summed E-state index contributed by atoms with van der Waals surface area (Å²) in [5, 5.41) is 21.5. The summed E-state index contributed by atoms with van der Waals surface area (Å²) < 4.78 is 0. The maximum absolute atomic E-state index is 10.8. The highest BCUT2D eigenvalue weighted by molar-refractivity contribution is 5.66. The van der Waals surface area contributed by atoms with Gasteiger partial charge in [-0.05, 0) is 31.4 Å². The number of nitrogens with zero attached hydrogens (tertiary/aromatic N) is 2. The number of nitro benzene ring substituents is 1. The van der Waals surface area contributed by atoms with Crippen LogP contribution in [-0.2, 0) is 0 Å². The summed E-state index contributed by atoms with van der Waals surface area (Å²) in [6.45, 7) is 1.57. The molecule has 0 amide bonds. The van der Waals surface area contributed by atoms with Crippen molar-refractivity contribution in [2.75, 3.05) is 23.7 Å². The van der Waals surface area contributed by atoms with Gasteiger partial charge in [-0.1, -0.05) is 12.8 Å². The summed E-state index contributed by atoms with van der Waals surface area (Å²) in [5.74, 6) is 0.288. The minimum Gasteiger partial charge on any atom is -0.393 e. The number of benzene rings is 1. The molecule has 0 bridgehead atoms. The van der Waals surface area contributed by atoms with Gasteiger partial charge in [0.05, 0.1) is 10.5 Å². The molecule has 3 N–H and O–H groups in total. The molecular weight excluding hydrogens is 270 g/mol. The van der Waals surface area contributed by atoms with Crippen molar-refractivity contribution in [3.8, 4) is 0 Å². The van der Waals surface area contributed by atoms with Crippen molar-refractivity contribution < 1.29 is 10.0 Å². The minimum absolute atomic E-state index is 0.0510. The van der Waals surface area contributed by atoms with Crippen LogP contribution in [0.4, 0.5) is 17.1 Å². The highest BCUT2D eigenvalue weighted by Gasteiger charge is 2.42. The van der Waals surface area contributed by atoms with E-state index in [0.29, 0.717) is 0 Å². The molecule has 0 spiro atoms. The van der Waals surface area contributed by atoms with Gasteiger partial charge in [-0.25, -0.2) is 0 Å². The predicted molar refractivity (Wildman–Crippen MR) is 81.2 cm³/mol. The van der Waals surface area contributed by atoms with Crippen LogP contribution in [0.25, 0.3) is 0 Å². The van der Waals surface area contributed by atoms with Crippen molar-refractivity contribution in [1.82, 2.24) is 0 Å². The molecular formula is C15H21N3O3. The third kappa shape index (κ3) is 2.55. The van der Waals surface area contributed by atoms with Crippen LogP contribution in [0.5, 0.6) is 0 Å². The maximum atomic E-state index is 10.8. The summed E-state index contributed by atoms with van der Waals surface area (Å²) in [6.07, 6.45) is 4.98. The molecule has 114 valence electrons. The van der Waals surface area contributed by atoms with E-state index in [2.05, 4.69) is 4.90 Å². The lowest BCUT2D eigenvalue weighted by Gasteiger charge is -2.48. The van der Waals surface area contributed by atoms with E-state index in [1.165, 1.54) is 12.5 Å². The van der Waals surface area contributed by atoms with Crippen LogP contribution in [0.2, 0.25) is 0 Å². The summed E-state index contributed by atoms with van der Waals surface area (Å²) in [7, 11) is 0. The molecule has 1 aromatic carbocycles. The molecule has 1 aliphatic heterocycles. The first-order valence-electron chi connectivity index (χ1n) is 7.51. The molecule has 2 atom stereocenters. The van der Waals surface area contributed by atoms with Gasteiger partial charge in [-0.15, -0.1) is 0 Å². The average molecular weight is 291 g/mol. The molecule has 1 aromatic rings. The number of hydrogen-bond acceptors (Lipinski definition) is 5. The SMILES string of the molecule is Nc1cc(N2CCC3(O)CCCCC3C2)ccc1[N+](=O)[O-]. The molecule has 2 fully saturated rings. The van der Waals surface area contributed by atoms with Crippen molar-refractivity contribution in [2.45, 2.75) is 37.7 Å². The smallest absolute Gasteiger partial charge is 0.292 e. The van der Waals surface area contributed by atoms with Crippen molar-refractivity contribution in [3.05, 3.63) is 28.3 Å². The summed E-state index contributed by atoms with van der Waals surface area (Å²) in [6, 6.07) is 4.89. The van der Waals surface area contributed by atoms with E-state index in [1.807, 2.05) is 0 Å². The molecule has 1 saturated heterocycles. The number of aliphatic hydroxyl groups is 1. The molecule has 6 nitrogen and oxygen atoms in total. The topological polar surface area (TPSA) is 92.6 Å². The lowest BCUT2D eigenvalue weighted by Crippen LogP contribution is -2.53. The number of piperidine rings is 1. The summed E-state index contributed by atoms with van der Waals surface area (Å²) in [4.78, 5) is 12.5. The molecule has 21 heavy (non-hydrogen) atoms. The van der Waals surface area contributed by atoms with Crippen molar-refractivity contribution in [1.29, 1.82) is 0 Å². The quantitative estimate of drug-likeness (QED) is 0.495. The van der Waals surface area contributed by atoms with Gasteiger partial charge >= 0.3 is 0 Å². The Morgan fingerprint density at radius 1 is 1.38 bits per heavy atom. The standard InChI is InChI=1S/C15H21N3O3/c16-13-9-12(4-5-14(13)18(20)21)17-8-7-15(19)6-2-1-3-11(15)10-17/h4-5,9,11,19H,1-3,6-8,10,16H2. The first kappa shape index (κ1) is 14.1. The maximum Gasteiger partial charge on any atom is 0.292 e. The number of nitrogens with two attached hydrogens (primary N) is 1. The van der Waals surface area contributed by atoms with Crippen LogP contribution < -0.4 is 10.6 Å². The Morgan fingerprint density at radius 3 is 2.90 bits per heavy atom. The third-order valence-corrected chi connectivity index (χ3v) is 5.00. The van der Waals surface area contributed by atoms with E-state index in [4.69, 9.17) is 5.73 Å². The van der Waals surface area contributed by atoms with E-state index in [1.54, 1.807) is 12.1 Å². The van der Waals surface area contributed by atoms with Crippen molar-refractivity contribution >= 4 is 17.1 Å². The normalized spacial score (nSPS) is 29.0. The fourth-order valence-electron chi connectivity index (χ4n) is 3.71. The molecule has 1 heterocycles. The molecule has 0 aromatic heterocycles. The van der Waals surface area contributed by atoms with Gasteiger partial charge in [0, 0.05) is 30.8 Å². The van der Waals surface area contributed by atoms with Gasteiger partial charge < -0.3 is 15.7 Å². The van der Waals surface area contributed by atoms with Crippen molar-refractivity contribution in [2.24, 2.45) is 5.92 Å². The highest BCUT2D eigenvalue weighted by atomic mass is 16.6. The van der Waals surface area contributed by atoms with Crippen LogP contribution in [0.3, 0.4) is 0 Å². The Bertz CT molecular complexity index is 563. The minimum atomic E-state index is -0.513. The largest absolute Gasteiger partial charge is 0.393 e. The molecule has 3 rings (SSSR count). The van der Waals surface area contributed by atoms with Gasteiger partial charge in [-0.2, -0.15) is 0 Å². The second-order valence-electron chi connectivity index (χ2n) is 6.24. The molecule has 6 heteroatoms. The Hall–Kier alpha value is -1.82. The van der Waals surface area contributed by atoms with Gasteiger partial charge in [0.25, 0.3) is 5.69 Å². The average Bonchev–Trinajstić information content (AvgIpc) is 2.45. The second-order valence-corrected chi connectivity index (χ2v) is 6.24. The van der Waals surface area contributed by atoms with Crippen LogP contribution in [0, 0.1) is 16.0 Å². The van der Waals surface area contributed by atoms with Gasteiger partial charge in [0.2, 0.25) is 0 Å². The molecule has 1 saturated carbocycles. The Morgan fingerprint density at radius 2 is 2.19 bits per heavy atom. The lowest BCUT2D eigenvalue weighted by atomic mass is 9.71. The molecule has 0 radical (unpaired) electrons. The summed E-state index contributed by atoms with van der Waals surface area (Å²) >= 11 is 0. The lowest BCUT2D eigenvalue weighted by molar-refractivity contribution is -0.383. The van der Waals surface area contributed by atoms with E-state index < -0.39 is 10.5 Å². The number of hydrogen-bond donors (Lipinski definition) is 2. The molecule has 2 aliphatic rings. The highest BCUT2D eigenvalue weighted by Crippen LogP contribution is 2.41. The zero-order valence-electron chi connectivity index (χ0n) is 12.0. The number of fused-ring (bicyclic) bond motifs is 1. The summed E-state index contributed by atoms with van der Waals surface area (Å²) in [5.41, 5.74) is 6.31. The third-order valence-electron chi connectivity index (χ3n) is 5.00. The van der Waals surface area contributed by atoms with E-state index >= 15 is 0 Å². The van der Waals surface area contributed by atoms with Gasteiger partial charge in [-0.3, -0.25) is 10.1 Å². The zero-order valence-corrected chi connectivity index (χ0v) is 12.0. The van der Waals surface area contributed by atoms with Crippen LogP contribution in [0.1, 0.15) is 32.1 Å². The Balaban J connectivity index is 1.79. The number of nitrogen functional groups attached to an aromatic ring is 1. The Labute approximate surface area is 123 Å². The first-order chi connectivity index (χ1) is 9.99.